The van der Waals surface area contributed by atoms with Crippen LogP contribution in [0.25, 0.3) is 0 Å². The highest BCUT2D eigenvalue weighted by Crippen LogP contribution is 2.37. The molecule has 1 fully saturated rings. The smallest absolute Gasteiger partial charge is 0.124 e. The molecule has 1 saturated carbocycles. The molecule has 0 aliphatic heterocycles. The van der Waals surface area contributed by atoms with Crippen molar-refractivity contribution in [3.8, 4) is 0 Å². The van der Waals surface area contributed by atoms with E-state index >= 15 is 0 Å². The number of hydrogen-bond donors (Lipinski definition) is 1. The number of hydrogen-bond acceptors (Lipinski definition) is 1. The minimum absolute atomic E-state index is 0.234. The van der Waals surface area contributed by atoms with Crippen molar-refractivity contribution in [1.29, 1.82) is 0 Å². The quantitative estimate of drug-likeness (QED) is 0.791. The molecule has 1 unspecified atom stereocenters. The Morgan fingerprint density at radius 3 is 2.53 bits per heavy atom. The fourth-order valence-electron chi connectivity index (χ4n) is 2.60. The van der Waals surface area contributed by atoms with Gasteiger partial charge in [-0.15, -0.1) is 0 Å². The molecule has 2 rings (SSSR count). The molecule has 1 nitrogen and oxygen atoms in total. The molecule has 1 aromatic carbocycles. The van der Waals surface area contributed by atoms with Gasteiger partial charge in [-0.1, -0.05) is 25.8 Å². The molecule has 0 radical (unpaired) electrons. The zero-order valence-electron chi connectivity index (χ0n) is 10.00. The van der Waals surface area contributed by atoms with E-state index in [4.69, 9.17) is 0 Å². The Kier molecular flexibility index (Phi) is 4.42. The summed E-state index contributed by atoms with van der Waals surface area (Å²) in [6.07, 6.45) is 4.11. The van der Waals surface area contributed by atoms with Crippen LogP contribution in [-0.4, -0.2) is 5.11 Å². The summed E-state index contributed by atoms with van der Waals surface area (Å²) in [5.74, 6) is 0.888. The van der Waals surface area contributed by atoms with E-state index < -0.39 is 6.10 Å². The van der Waals surface area contributed by atoms with E-state index in [0.717, 1.165) is 27.9 Å². The number of rotatable bonds is 2. The Hall–Kier alpha value is -0.160. The summed E-state index contributed by atoms with van der Waals surface area (Å²) in [6, 6.07) is 4.65. The Labute approximate surface area is 116 Å². The predicted molar refractivity (Wildman–Crippen MR) is 75.2 cm³/mol. The van der Waals surface area contributed by atoms with E-state index in [2.05, 4.69) is 29.5 Å². The van der Waals surface area contributed by atoms with Crippen LogP contribution in [0.1, 0.15) is 44.3 Å². The lowest BCUT2D eigenvalue weighted by Crippen LogP contribution is -2.20. The molecule has 0 spiro atoms. The molecular formula is C14H18FIO. The summed E-state index contributed by atoms with van der Waals surface area (Å²) < 4.78 is 13.8. The van der Waals surface area contributed by atoms with Crippen LogP contribution in [0.15, 0.2) is 18.2 Å². The third-order valence-corrected chi connectivity index (χ3v) is 4.72. The van der Waals surface area contributed by atoms with Gasteiger partial charge in [0.25, 0.3) is 0 Å². The highest BCUT2D eigenvalue weighted by molar-refractivity contribution is 14.1. The maximum Gasteiger partial charge on any atom is 0.124 e. The van der Waals surface area contributed by atoms with Crippen LogP contribution in [0.4, 0.5) is 4.39 Å². The van der Waals surface area contributed by atoms with Crippen LogP contribution < -0.4 is 0 Å². The summed E-state index contributed by atoms with van der Waals surface area (Å²) in [5, 5.41) is 10.4. The summed E-state index contributed by atoms with van der Waals surface area (Å²) in [7, 11) is 0. The minimum atomic E-state index is -0.435. The maximum atomic E-state index is 13.0. The molecule has 0 amide bonds. The fraction of sp³-hybridized carbons (Fsp3) is 0.571. The second-order valence-electron chi connectivity index (χ2n) is 5.13. The van der Waals surface area contributed by atoms with Crippen LogP contribution >= 0.6 is 22.6 Å². The maximum absolute atomic E-state index is 13.0. The number of halogens is 2. The molecule has 0 saturated heterocycles. The summed E-state index contributed by atoms with van der Waals surface area (Å²) >= 11 is 2.10. The van der Waals surface area contributed by atoms with Crippen molar-refractivity contribution in [2.24, 2.45) is 11.8 Å². The van der Waals surface area contributed by atoms with Gasteiger partial charge >= 0.3 is 0 Å². The fourth-order valence-corrected chi connectivity index (χ4v) is 3.39. The average Bonchev–Trinajstić information content (AvgIpc) is 2.29. The number of aliphatic hydroxyl groups is 1. The average molecular weight is 348 g/mol. The van der Waals surface area contributed by atoms with Crippen molar-refractivity contribution in [2.45, 2.75) is 38.7 Å². The molecule has 1 aromatic rings. The Morgan fingerprint density at radius 1 is 1.29 bits per heavy atom. The zero-order chi connectivity index (χ0) is 12.4. The molecule has 94 valence electrons. The first-order valence-corrected chi connectivity index (χ1v) is 7.29. The summed E-state index contributed by atoms with van der Waals surface area (Å²) in [5.41, 5.74) is 0.881. The molecule has 0 aromatic heterocycles. The van der Waals surface area contributed by atoms with Gasteiger partial charge in [0.2, 0.25) is 0 Å². The van der Waals surface area contributed by atoms with Crippen molar-refractivity contribution in [3.05, 3.63) is 33.1 Å². The topological polar surface area (TPSA) is 20.2 Å². The third-order valence-electron chi connectivity index (χ3n) is 3.79. The van der Waals surface area contributed by atoms with Gasteiger partial charge in [-0.3, -0.25) is 0 Å². The van der Waals surface area contributed by atoms with Gasteiger partial charge in [-0.25, -0.2) is 4.39 Å². The van der Waals surface area contributed by atoms with Crippen LogP contribution in [0.5, 0.6) is 0 Å². The van der Waals surface area contributed by atoms with Gasteiger partial charge in [0.15, 0.2) is 0 Å². The Balaban J connectivity index is 2.11. The molecule has 1 aliphatic carbocycles. The normalized spacial score (nSPS) is 26.8. The van der Waals surface area contributed by atoms with Gasteiger partial charge in [-0.05, 0) is 65.0 Å². The minimum Gasteiger partial charge on any atom is -0.388 e. The molecule has 17 heavy (non-hydrogen) atoms. The lowest BCUT2D eigenvalue weighted by molar-refractivity contribution is 0.0749. The van der Waals surface area contributed by atoms with Crippen LogP contribution in [0.2, 0.25) is 0 Å². The second-order valence-corrected chi connectivity index (χ2v) is 6.29. The largest absolute Gasteiger partial charge is 0.388 e. The second kappa shape index (κ2) is 5.65. The highest BCUT2D eigenvalue weighted by atomic mass is 127. The molecule has 1 atom stereocenters. The Bertz CT molecular complexity index is 386. The van der Waals surface area contributed by atoms with Gasteiger partial charge in [0.05, 0.1) is 6.10 Å². The third kappa shape index (κ3) is 3.19. The monoisotopic (exact) mass is 348 g/mol. The summed E-state index contributed by atoms with van der Waals surface area (Å²) in [6.45, 7) is 2.27. The van der Waals surface area contributed by atoms with Gasteiger partial charge in [0, 0.05) is 3.57 Å². The zero-order valence-corrected chi connectivity index (χ0v) is 12.2. The van der Waals surface area contributed by atoms with Gasteiger partial charge in [0.1, 0.15) is 5.82 Å². The lowest BCUT2D eigenvalue weighted by Gasteiger charge is -2.30. The van der Waals surface area contributed by atoms with E-state index in [9.17, 15) is 9.50 Å². The molecule has 3 heteroatoms. The van der Waals surface area contributed by atoms with Crippen molar-refractivity contribution < 1.29 is 9.50 Å². The molecule has 0 heterocycles. The Morgan fingerprint density at radius 2 is 1.94 bits per heavy atom. The number of aliphatic hydroxyl groups excluding tert-OH is 1. The van der Waals surface area contributed by atoms with Crippen molar-refractivity contribution in [3.63, 3.8) is 0 Å². The van der Waals surface area contributed by atoms with E-state index in [1.54, 1.807) is 6.07 Å². The molecule has 1 N–H and O–H groups in total. The van der Waals surface area contributed by atoms with E-state index in [1.807, 2.05) is 0 Å². The number of benzene rings is 1. The van der Waals surface area contributed by atoms with Crippen molar-refractivity contribution >= 4 is 22.6 Å². The summed E-state index contributed by atoms with van der Waals surface area (Å²) in [4.78, 5) is 0. The predicted octanol–water partition coefficient (Wildman–Crippen LogP) is 4.29. The van der Waals surface area contributed by atoms with Gasteiger partial charge < -0.3 is 5.11 Å². The first-order chi connectivity index (χ1) is 8.08. The van der Waals surface area contributed by atoms with Crippen LogP contribution in [0.3, 0.4) is 0 Å². The van der Waals surface area contributed by atoms with Gasteiger partial charge in [-0.2, -0.15) is 0 Å². The van der Waals surface area contributed by atoms with Crippen LogP contribution in [0, 0.1) is 21.2 Å². The SMILES string of the molecule is CC1CCC(C(O)c2ccc(F)cc2I)CC1. The molecular weight excluding hydrogens is 330 g/mol. The molecule has 0 bridgehead atoms. The lowest BCUT2D eigenvalue weighted by atomic mass is 9.78. The first-order valence-electron chi connectivity index (χ1n) is 6.21. The van der Waals surface area contributed by atoms with Crippen LogP contribution in [-0.2, 0) is 0 Å². The van der Waals surface area contributed by atoms with E-state index in [0.29, 0.717) is 5.92 Å². The highest BCUT2D eigenvalue weighted by Gasteiger charge is 2.26. The van der Waals surface area contributed by atoms with E-state index in [-0.39, 0.29) is 5.82 Å². The molecule has 1 aliphatic rings. The first kappa shape index (κ1) is 13.3. The van der Waals surface area contributed by atoms with E-state index in [1.165, 1.54) is 25.0 Å². The van der Waals surface area contributed by atoms with Crippen molar-refractivity contribution in [1.82, 2.24) is 0 Å². The standard InChI is InChI=1S/C14H18FIO/c1-9-2-4-10(5-3-9)14(17)12-7-6-11(15)8-13(12)16/h6-10,14,17H,2-5H2,1H3. The van der Waals surface area contributed by atoms with Crippen molar-refractivity contribution in [2.75, 3.05) is 0 Å².